The van der Waals surface area contributed by atoms with E-state index in [2.05, 4.69) is 50.2 Å². The highest BCUT2D eigenvalue weighted by atomic mass is 15.2. The number of pyridine rings is 1. The monoisotopic (exact) mass is 399 g/mol. The van der Waals surface area contributed by atoms with E-state index in [0.29, 0.717) is 19.0 Å². The van der Waals surface area contributed by atoms with E-state index >= 15 is 0 Å². The fourth-order valence-electron chi connectivity index (χ4n) is 4.01. The standard InChI is InChI=1S/C23H25N7/c24-11-13-27-22-28-15-16-14-20(19-4-1-2-12-26-19)30(21(16)29-22)18-7-5-17(6-8-18)23(25)9-3-10-23/h1-2,4-8,12,14-15H,3,9-11,13,24-25H2,(H,27,28,29). The normalized spacial score (nSPS) is 15.1. The summed E-state index contributed by atoms with van der Waals surface area (Å²) in [6.45, 7) is 1.14. The highest BCUT2D eigenvalue weighted by Gasteiger charge is 2.34. The molecule has 0 aliphatic heterocycles. The van der Waals surface area contributed by atoms with Crippen molar-refractivity contribution in [1.29, 1.82) is 0 Å². The van der Waals surface area contributed by atoms with E-state index in [1.165, 1.54) is 12.0 Å². The second-order valence-corrected chi connectivity index (χ2v) is 7.82. The lowest BCUT2D eigenvalue weighted by atomic mass is 9.73. The number of rotatable bonds is 6. The Hall–Kier alpha value is -3.29. The lowest BCUT2D eigenvalue weighted by molar-refractivity contribution is 0.253. The van der Waals surface area contributed by atoms with Gasteiger partial charge < -0.3 is 16.8 Å². The number of anilines is 1. The van der Waals surface area contributed by atoms with Crippen molar-refractivity contribution in [3.8, 4) is 17.1 Å². The largest absolute Gasteiger partial charge is 0.353 e. The molecule has 0 unspecified atom stereocenters. The van der Waals surface area contributed by atoms with Crippen molar-refractivity contribution in [2.75, 3.05) is 18.4 Å². The molecule has 0 bridgehead atoms. The van der Waals surface area contributed by atoms with Gasteiger partial charge in [0.05, 0.1) is 11.4 Å². The van der Waals surface area contributed by atoms with E-state index in [0.717, 1.165) is 41.0 Å². The molecule has 3 aromatic heterocycles. The van der Waals surface area contributed by atoms with Gasteiger partial charge in [0.1, 0.15) is 0 Å². The minimum atomic E-state index is -0.178. The quantitative estimate of drug-likeness (QED) is 0.460. The summed E-state index contributed by atoms with van der Waals surface area (Å²) in [5.41, 5.74) is 16.8. The van der Waals surface area contributed by atoms with Crippen LogP contribution in [0, 0.1) is 0 Å². The fraction of sp³-hybridized carbons (Fsp3) is 0.261. The summed E-state index contributed by atoms with van der Waals surface area (Å²) in [5, 5.41) is 4.12. The molecule has 0 spiro atoms. The first-order valence-corrected chi connectivity index (χ1v) is 10.3. The highest BCUT2D eigenvalue weighted by molar-refractivity contribution is 5.86. The zero-order chi connectivity index (χ0) is 20.6. The second-order valence-electron chi connectivity index (χ2n) is 7.82. The molecule has 4 aromatic rings. The van der Waals surface area contributed by atoms with E-state index in [9.17, 15) is 0 Å². The number of aromatic nitrogens is 4. The lowest BCUT2D eigenvalue weighted by Gasteiger charge is -2.38. The number of nitrogens with one attached hydrogen (secondary N) is 1. The van der Waals surface area contributed by atoms with Crippen LogP contribution in [0.15, 0.2) is 60.9 Å². The Labute approximate surface area is 175 Å². The number of nitrogens with zero attached hydrogens (tertiary/aromatic N) is 4. The number of benzene rings is 1. The SMILES string of the molecule is NCCNc1ncc2cc(-c3ccccn3)n(-c3ccc(C4(N)CCC4)cc3)c2n1. The van der Waals surface area contributed by atoms with Gasteiger partial charge in [-0.1, -0.05) is 18.2 Å². The predicted molar refractivity (Wildman–Crippen MR) is 119 cm³/mol. The molecule has 1 aliphatic carbocycles. The lowest BCUT2D eigenvalue weighted by Crippen LogP contribution is -2.43. The minimum Gasteiger partial charge on any atom is -0.353 e. The van der Waals surface area contributed by atoms with Crippen LogP contribution in [-0.2, 0) is 5.54 Å². The van der Waals surface area contributed by atoms with Gasteiger partial charge in [0.2, 0.25) is 5.95 Å². The Kier molecular flexibility index (Phi) is 4.69. The van der Waals surface area contributed by atoms with E-state index < -0.39 is 0 Å². The zero-order valence-electron chi connectivity index (χ0n) is 16.8. The summed E-state index contributed by atoms with van der Waals surface area (Å²) < 4.78 is 2.13. The first kappa shape index (κ1) is 18.7. The fourth-order valence-corrected chi connectivity index (χ4v) is 4.01. The van der Waals surface area contributed by atoms with Crippen LogP contribution in [-0.4, -0.2) is 32.6 Å². The topological polar surface area (TPSA) is 108 Å². The van der Waals surface area contributed by atoms with E-state index in [1.807, 2.05) is 24.4 Å². The van der Waals surface area contributed by atoms with Gasteiger partial charge in [-0.25, -0.2) is 4.98 Å². The molecule has 7 heteroatoms. The zero-order valence-corrected chi connectivity index (χ0v) is 16.8. The van der Waals surface area contributed by atoms with Crippen molar-refractivity contribution in [2.24, 2.45) is 11.5 Å². The maximum Gasteiger partial charge on any atom is 0.224 e. The first-order valence-electron chi connectivity index (χ1n) is 10.3. The molecular formula is C23H25N7. The van der Waals surface area contributed by atoms with E-state index in [1.54, 1.807) is 6.20 Å². The Bertz CT molecular complexity index is 1160. The molecule has 5 rings (SSSR count). The third-order valence-corrected chi connectivity index (χ3v) is 5.84. The highest BCUT2D eigenvalue weighted by Crippen LogP contribution is 2.39. The van der Waals surface area contributed by atoms with Gasteiger partial charge in [0.25, 0.3) is 0 Å². The van der Waals surface area contributed by atoms with E-state index in [-0.39, 0.29) is 5.54 Å². The number of nitrogens with two attached hydrogens (primary N) is 2. The predicted octanol–water partition coefficient (Wildman–Crippen LogP) is 3.19. The molecule has 30 heavy (non-hydrogen) atoms. The van der Waals surface area contributed by atoms with Gasteiger partial charge in [0, 0.05) is 42.1 Å². The molecular weight excluding hydrogens is 374 g/mol. The van der Waals surface area contributed by atoms with Crippen LogP contribution in [0.5, 0.6) is 0 Å². The van der Waals surface area contributed by atoms with Gasteiger partial charge >= 0.3 is 0 Å². The van der Waals surface area contributed by atoms with Crippen molar-refractivity contribution >= 4 is 17.0 Å². The van der Waals surface area contributed by atoms with Crippen molar-refractivity contribution in [3.05, 3.63) is 66.5 Å². The molecule has 1 saturated carbocycles. The van der Waals surface area contributed by atoms with Crippen LogP contribution in [0.4, 0.5) is 5.95 Å². The summed E-state index contributed by atoms with van der Waals surface area (Å²) >= 11 is 0. The van der Waals surface area contributed by atoms with Crippen LogP contribution in [0.25, 0.3) is 28.1 Å². The van der Waals surface area contributed by atoms with Gasteiger partial charge in [-0.2, -0.15) is 4.98 Å². The molecule has 1 fully saturated rings. The molecule has 1 aromatic carbocycles. The smallest absolute Gasteiger partial charge is 0.224 e. The molecule has 7 nitrogen and oxygen atoms in total. The van der Waals surface area contributed by atoms with Crippen LogP contribution in [0.2, 0.25) is 0 Å². The summed E-state index contributed by atoms with van der Waals surface area (Å²) in [4.78, 5) is 13.8. The van der Waals surface area contributed by atoms with Crippen molar-refractivity contribution in [3.63, 3.8) is 0 Å². The Balaban J connectivity index is 1.65. The summed E-state index contributed by atoms with van der Waals surface area (Å²) in [7, 11) is 0. The number of hydrogen-bond donors (Lipinski definition) is 3. The number of hydrogen-bond acceptors (Lipinski definition) is 6. The molecule has 5 N–H and O–H groups in total. The van der Waals surface area contributed by atoms with Crippen molar-refractivity contribution in [2.45, 2.75) is 24.8 Å². The average Bonchev–Trinajstić information content (AvgIpc) is 3.15. The van der Waals surface area contributed by atoms with Gasteiger partial charge in [-0.3, -0.25) is 9.55 Å². The Morgan fingerprint density at radius 2 is 1.90 bits per heavy atom. The minimum absolute atomic E-state index is 0.178. The second kappa shape index (κ2) is 7.51. The Morgan fingerprint density at radius 3 is 2.57 bits per heavy atom. The van der Waals surface area contributed by atoms with E-state index in [4.69, 9.17) is 16.5 Å². The number of fused-ring (bicyclic) bond motifs is 1. The maximum absolute atomic E-state index is 6.51. The first-order chi connectivity index (χ1) is 14.7. The summed E-state index contributed by atoms with van der Waals surface area (Å²) in [5.74, 6) is 0.562. The molecule has 0 radical (unpaired) electrons. The van der Waals surface area contributed by atoms with Gasteiger partial charge in [0.15, 0.2) is 5.65 Å². The maximum atomic E-state index is 6.51. The molecule has 0 saturated heterocycles. The van der Waals surface area contributed by atoms with Gasteiger partial charge in [-0.15, -0.1) is 0 Å². The van der Waals surface area contributed by atoms with Crippen molar-refractivity contribution < 1.29 is 0 Å². The Morgan fingerprint density at radius 1 is 1.07 bits per heavy atom. The molecule has 1 aliphatic rings. The summed E-state index contributed by atoms with van der Waals surface area (Å²) in [6.07, 6.45) is 6.92. The van der Waals surface area contributed by atoms with Crippen LogP contribution in [0.1, 0.15) is 24.8 Å². The molecule has 0 amide bonds. The van der Waals surface area contributed by atoms with Crippen LogP contribution < -0.4 is 16.8 Å². The van der Waals surface area contributed by atoms with Gasteiger partial charge in [-0.05, 0) is 55.2 Å². The van der Waals surface area contributed by atoms with Crippen molar-refractivity contribution in [1.82, 2.24) is 19.5 Å². The van der Waals surface area contributed by atoms with Crippen LogP contribution in [0.3, 0.4) is 0 Å². The van der Waals surface area contributed by atoms with Crippen LogP contribution >= 0.6 is 0 Å². The molecule has 152 valence electrons. The molecule has 0 atom stereocenters. The summed E-state index contributed by atoms with van der Waals surface area (Å²) in [6, 6.07) is 16.5. The third-order valence-electron chi connectivity index (χ3n) is 5.84. The third kappa shape index (κ3) is 3.22. The average molecular weight is 400 g/mol. The molecule has 3 heterocycles.